The monoisotopic (exact) mass is 465 g/mol. The van der Waals surface area contributed by atoms with Gasteiger partial charge in [0.2, 0.25) is 0 Å². The van der Waals surface area contributed by atoms with Gasteiger partial charge in [0, 0.05) is 48.3 Å². The summed E-state index contributed by atoms with van der Waals surface area (Å²) < 4.78 is 3.31. The Balaban J connectivity index is 1.42. The van der Waals surface area contributed by atoms with Crippen LogP contribution in [0.2, 0.25) is 0 Å². The number of benzene rings is 2. The van der Waals surface area contributed by atoms with Gasteiger partial charge in [-0.2, -0.15) is 10.2 Å². The van der Waals surface area contributed by atoms with Crippen molar-refractivity contribution in [2.45, 2.75) is 13.5 Å². The molecule has 0 bridgehead atoms. The summed E-state index contributed by atoms with van der Waals surface area (Å²) in [5.74, 6) is -0.546. The molecule has 0 fully saturated rings. The Morgan fingerprint density at radius 2 is 1.69 bits per heavy atom. The second kappa shape index (κ2) is 9.22. The summed E-state index contributed by atoms with van der Waals surface area (Å²) in [6.45, 7) is 2.51. The summed E-state index contributed by atoms with van der Waals surface area (Å²) in [5.41, 5.74) is 4.28. The summed E-state index contributed by atoms with van der Waals surface area (Å²) >= 11 is 0. The highest BCUT2D eigenvalue weighted by Gasteiger charge is 2.16. The van der Waals surface area contributed by atoms with Crippen LogP contribution in [0.4, 0.5) is 11.4 Å². The molecule has 5 aromatic rings. The van der Waals surface area contributed by atoms with E-state index in [1.165, 1.54) is 0 Å². The number of pyridine rings is 1. The maximum absolute atomic E-state index is 13.4. The van der Waals surface area contributed by atoms with Gasteiger partial charge in [-0.05, 0) is 43.3 Å². The predicted octanol–water partition coefficient (Wildman–Crippen LogP) is 4.36. The van der Waals surface area contributed by atoms with Crippen LogP contribution in [0.25, 0.3) is 22.2 Å². The molecule has 2 N–H and O–H groups in total. The number of para-hydroxylation sites is 1. The lowest BCUT2D eigenvalue weighted by Gasteiger charge is -2.12. The first-order valence-electron chi connectivity index (χ1n) is 11.1. The summed E-state index contributed by atoms with van der Waals surface area (Å²) in [6.07, 6.45) is 5.17. The number of aryl methyl sites for hydroxylation is 2. The summed E-state index contributed by atoms with van der Waals surface area (Å²) in [7, 11) is 1.83. The van der Waals surface area contributed by atoms with Gasteiger partial charge in [-0.1, -0.05) is 24.3 Å². The van der Waals surface area contributed by atoms with Crippen molar-refractivity contribution in [2.75, 3.05) is 10.6 Å². The van der Waals surface area contributed by atoms with E-state index in [2.05, 4.69) is 20.8 Å². The van der Waals surface area contributed by atoms with E-state index in [-0.39, 0.29) is 11.8 Å². The Bertz CT molecular complexity index is 1550. The zero-order valence-corrected chi connectivity index (χ0v) is 19.3. The lowest BCUT2D eigenvalue weighted by molar-refractivity contribution is 0.101. The molecule has 0 saturated carbocycles. The molecule has 0 unspecified atom stereocenters. The Morgan fingerprint density at radius 1 is 0.914 bits per heavy atom. The van der Waals surface area contributed by atoms with Crippen molar-refractivity contribution in [1.82, 2.24) is 24.5 Å². The number of amides is 2. The molecular weight excluding hydrogens is 442 g/mol. The zero-order valence-electron chi connectivity index (χ0n) is 19.3. The minimum atomic E-state index is -0.277. The molecule has 3 heterocycles. The minimum Gasteiger partial charge on any atom is -0.322 e. The van der Waals surface area contributed by atoms with Gasteiger partial charge in [0.1, 0.15) is 5.69 Å². The SMILES string of the molecule is CCn1nccc1C(=O)Nc1cccc(NC(=O)c2cc(-c3cnn(C)c3)nc3ccccc23)c1. The molecule has 174 valence electrons. The van der Waals surface area contributed by atoms with Gasteiger partial charge in [0.05, 0.1) is 23.0 Å². The van der Waals surface area contributed by atoms with Crippen molar-refractivity contribution < 1.29 is 9.59 Å². The van der Waals surface area contributed by atoms with Crippen LogP contribution in [-0.2, 0) is 13.6 Å². The van der Waals surface area contributed by atoms with E-state index in [0.29, 0.717) is 40.4 Å². The van der Waals surface area contributed by atoms with Gasteiger partial charge in [-0.15, -0.1) is 0 Å². The standard InChI is InChI=1S/C26H23N7O2/c1-3-33-24(11-12-27-33)26(35)30-19-8-6-7-18(13-19)29-25(34)21-14-23(17-15-28-32(2)16-17)31-22-10-5-4-9-20(21)22/h4-16H,3H2,1-2H3,(H,29,34)(H,30,35). The Morgan fingerprint density at radius 3 is 2.43 bits per heavy atom. The number of fused-ring (bicyclic) bond motifs is 1. The molecule has 35 heavy (non-hydrogen) atoms. The maximum atomic E-state index is 13.4. The number of nitrogens with zero attached hydrogens (tertiary/aromatic N) is 5. The molecule has 5 rings (SSSR count). The smallest absolute Gasteiger partial charge is 0.273 e. The topological polar surface area (TPSA) is 107 Å². The number of nitrogens with one attached hydrogen (secondary N) is 2. The lowest BCUT2D eigenvalue weighted by Crippen LogP contribution is -2.17. The third-order valence-electron chi connectivity index (χ3n) is 5.59. The molecule has 0 spiro atoms. The van der Waals surface area contributed by atoms with E-state index < -0.39 is 0 Å². The molecule has 0 atom stereocenters. The van der Waals surface area contributed by atoms with Crippen LogP contribution in [0, 0.1) is 0 Å². The molecule has 0 aliphatic rings. The van der Waals surface area contributed by atoms with Crippen molar-refractivity contribution >= 4 is 34.1 Å². The highest BCUT2D eigenvalue weighted by molar-refractivity contribution is 6.13. The second-order valence-corrected chi connectivity index (χ2v) is 8.00. The number of carbonyl (C=O) groups is 2. The number of anilines is 2. The van der Waals surface area contributed by atoms with Crippen LogP contribution in [0.1, 0.15) is 27.8 Å². The molecule has 0 radical (unpaired) electrons. The van der Waals surface area contributed by atoms with E-state index in [1.807, 2.05) is 44.4 Å². The fourth-order valence-electron chi connectivity index (χ4n) is 3.91. The summed E-state index contributed by atoms with van der Waals surface area (Å²) in [5, 5.41) is 14.9. The zero-order chi connectivity index (χ0) is 24.4. The second-order valence-electron chi connectivity index (χ2n) is 8.00. The molecule has 2 amide bonds. The van der Waals surface area contributed by atoms with Crippen molar-refractivity contribution in [3.63, 3.8) is 0 Å². The van der Waals surface area contributed by atoms with Crippen LogP contribution in [0.5, 0.6) is 0 Å². The first kappa shape index (κ1) is 22.0. The quantitative estimate of drug-likeness (QED) is 0.388. The van der Waals surface area contributed by atoms with Gasteiger partial charge >= 0.3 is 0 Å². The van der Waals surface area contributed by atoms with Gasteiger partial charge in [-0.25, -0.2) is 4.98 Å². The van der Waals surface area contributed by atoms with E-state index in [4.69, 9.17) is 4.98 Å². The first-order valence-corrected chi connectivity index (χ1v) is 11.1. The van der Waals surface area contributed by atoms with E-state index in [0.717, 1.165) is 10.9 Å². The van der Waals surface area contributed by atoms with Crippen LogP contribution in [-0.4, -0.2) is 36.4 Å². The molecule has 0 aliphatic carbocycles. The molecule has 9 heteroatoms. The van der Waals surface area contributed by atoms with Gasteiger partial charge in [-0.3, -0.25) is 19.0 Å². The fourth-order valence-corrected chi connectivity index (χ4v) is 3.91. The summed E-state index contributed by atoms with van der Waals surface area (Å²) in [6, 6.07) is 18.0. The number of rotatable bonds is 6. The van der Waals surface area contributed by atoms with Crippen molar-refractivity contribution in [3.05, 3.63) is 90.5 Å². The molecule has 0 aliphatic heterocycles. The summed E-state index contributed by atoms with van der Waals surface area (Å²) in [4.78, 5) is 30.7. The van der Waals surface area contributed by atoms with Crippen molar-refractivity contribution in [1.29, 1.82) is 0 Å². The van der Waals surface area contributed by atoms with E-state index >= 15 is 0 Å². The van der Waals surface area contributed by atoms with E-state index in [9.17, 15) is 9.59 Å². The van der Waals surface area contributed by atoms with Crippen LogP contribution in [0.15, 0.2) is 79.3 Å². The van der Waals surface area contributed by atoms with Gasteiger partial charge in [0.25, 0.3) is 11.8 Å². The normalized spacial score (nSPS) is 10.9. The molecule has 2 aromatic carbocycles. The van der Waals surface area contributed by atoms with Gasteiger partial charge < -0.3 is 10.6 Å². The van der Waals surface area contributed by atoms with Gasteiger partial charge in [0.15, 0.2) is 0 Å². The molecule has 9 nitrogen and oxygen atoms in total. The first-order chi connectivity index (χ1) is 17.0. The fraction of sp³-hybridized carbons (Fsp3) is 0.115. The Kier molecular flexibility index (Phi) is 5.80. The molecule has 0 saturated heterocycles. The number of aromatic nitrogens is 5. The Labute approximate surface area is 201 Å². The lowest BCUT2D eigenvalue weighted by atomic mass is 10.0. The van der Waals surface area contributed by atoms with Crippen molar-refractivity contribution in [3.8, 4) is 11.3 Å². The van der Waals surface area contributed by atoms with Crippen molar-refractivity contribution in [2.24, 2.45) is 7.05 Å². The average Bonchev–Trinajstić information content (AvgIpc) is 3.52. The van der Waals surface area contributed by atoms with Crippen LogP contribution < -0.4 is 10.6 Å². The number of hydrogen-bond donors (Lipinski definition) is 2. The van der Waals surface area contributed by atoms with E-state index in [1.54, 1.807) is 58.2 Å². The Hall–Kier alpha value is -4.79. The number of hydrogen-bond acceptors (Lipinski definition) is 5. The largest absolute Gasteiger partial charge is 0.322 e. The highest BCUT2D eigenvalue weighted by Crippen LogP contribution is 2.26. The minimum absolute atomic E-state index is 0.269. The third-order valence-corrected chi connectivity index (χ3v) is 5.59. The van der Waals surface area contributed by atoms with Crippen LogP contribution >= 0.6 is 0 Å². The molecular formula is C26H23N7O2. The number of carbonyl (C=O) groups excluding carboxylic acids is 2. The predicted molar refractivity (Wildman–Crippen MR) is 134 cm³/mol. The maximum Gasteiger partial charge on any atom is 0.273 e. The highest BCUT2D eigenvalue weighted by atomic mass is 16.2. The third kappa shape index (κ3) is 4.51. The average molecular weight is 466 g/mol. The molecule has 3 aromatic heterocycles. The van der Waals surface area contributed by atoms with Crippen LogP contribution in [0.3, 0.4) is 0 Å².